The zero-order valence-electron chi connectivity index (χ0n) is 17.4. The van der Waals surface area contributed by atoms with Gasteiger partial charge in [-0.05, 0) is 48.0 Å². The fourth-order valence-corrected chi connectivity index (χ4v) is 4.40. The van der Waals surface area contributed by atoms with Crippen molar-refractivity contribution in [2.24, 2.45) is 0 Å². The SMILES string of the molecule is COc1cc2c(cc1NC(=O)c1ccc(SCc3cccnc3)cc1)oc1ccccc12. The van der Waals surface area contributed by atoms with Gasteiger partial charge < -0.3 is 14.5 Å². The highest BCUT2D eigenvalue weighted by Crippen LogP contribution is 2.36. The van der Waals surface area contributed by atoms with Gasteiger partial charge in [0.15, 0.2) is 0 Å². The third-order valence-electron chi connectivity index (χ3n) is 5.19. The highest BCUT2D eigenvalue weighted by atomic mass is 32.2. The number of nitrogens with one attached hydrogen (secondary N) is 1. The summed E-state index contributed by atoms with van der Waals surface area (Å²) in [7, 11) is 1.59. The monoisotopic (exact) mass is 440 g/mol. The zero-order chi connectivity index (χ0) is 21.9. The normalized spacial score (nSPS) is 11.0. The Bertz CT molecular complexity index is 1400. The Balaban J connectivity index is 1.34. The van der Waals surface area contributed by atoms with Gasteiger partial charge in [-0.2, -0.15) is 0 Å². The van der Waals surface area contributed by atoms with Gasteiger partial charge in [0.25, 0.3) is 5.91 Å². The number of nitrogens with zero attached hydrogens (tertiary/aromatic N) is 1. The van der Waals surface area contributed by atoms with Gasteiger partial charge in [-0.25, -0.2) is 0 Å². The van der Waals surface area contributed by atoms with Crippen LogP contribution in [0.4, 0.5) is 5.69 Å². The predicted octanol–water partition coefficient (Wildman–Crippen LogP) is 6.53. The number of carbonyl (C=O) groups excluding carboxylic acids is 1. The van der Waals surface area contributed by atoms with Crippen LogP contribution in [0.1, 0.15) is 15.9 Å². The van der Waals surface area contributed by atoms with Gasteiger partial charge >= 0.3 is 0 Å². The number of para-hydroxylation sites is 1. The number of rotatable bonds is 6. The molecule has 32 heavy (non-hydrogen) atoms. The van der Waals surface area contributed by atoms with Crippen molar-refractivity contribution in [3.8, 4) is 5.75 Å². The molecule has 5 rings (SSSR count). The van der Waals surface area contributed by atoms with E-state index in [1.54, 1.807) is 25.1 Å². The molecule has 3 aromatic carbocycles. The predicted molar refractivity (Wildman–Crippen MR) is 128 cm³/mol. The van der Waals surface area contributed by atoms with Gasteiger partial charge in [0.1, 0.15) is 16.9 Å². The maximum atomic E-state index is 12.9. The van der Waals surface area contributed by atoms with Crippen LogP contribution >= 0.6 is 11.8 Å². The first kappa shape index (κ1) is 20.2. The number of aromatic nitrogens is 1. The summed E-state index contributed by atoms with van der Waals surface area (Å²) < 4.78 is 11.5. The molecular weight excluding hydrogens is 420 g/mol. The molecule has 0 atom stereocenters. The second-order valence-corrected chi connectivity index (χ2v) is 8.32. The molecule has 5 nitrogen and oxygen atoms in total. The highest BCUT2D eigenvalue weighted by Gasteiger charge is 2.15. The Labute approximate surface area is 189 Å². The van der Waals surface area contributed by atoms with E-state index >= 15 is 0 Å². The van der Waals surface area contributed by atoms with Crippen molar-refractivity contribution < 1.29 is 13.9 Å². The number of carbonyl (C=O) groups is 1. The second-order valence-electron chi connectivity index (χ2n) is 7.28. The van der Waals surface area contributed by atoms with Crippen LogP contribution in [0, 0.1) is 0 Å². The van der Waals surface area contributed by atoms with E-state index in [0.29, 0.717) is 22.6 Å². The first-order valence-corrected chi connectivity index (χ1v) is 11.1. The summed E-state index contributed by atoms with van der Waals surface area (Å²) >= 11 is 1.70. The molecule has 0 unspecified atom stereocenters. The lowest BCUT2D eigenvalue weighted by atomic mass is 10.1. The van der Waals surface area contributed by atoms with Crippen LogP contribution in [0.25, 0.3) is 21.9 Å². The van der Waals surface area contributed by atoms with Crippen molar-refractivity contribution in [1.82, 2.24) is 4.98 Å². The third kappa shape index (κ3) is 4.05. The molecule has 0 spiro atoms. The topological polar surface area (TPSA) is 64.4 Å². The number of methoxy groups -OCH3 is 1. The number of furan rings is 1. The van der Waals surface area contributed by atoms with Crippen LogP contribution in [0.3, 0.4) is 0 Å². The minimum absolute atomic E-state index is 0.206. The molecule has 158 valence electrons. The molecule has 0 aliphatic carbocycles. The molecule has 0 aliphatic heterocycles. The summed E-state index contributed by atoms with van der Waals surface area (Å²) in [5.41, 5.74) is 3.80. The van der Waals surface area contributed by atoms with Crippen LogP contribution in [0.15, 0.2) is 94.5 Å². The number of amides is 1. The number of pyridine rings is 1. The van der Waals surface area contributed by atoms with Crippen LogP contribution in [-0.4, -0.2) is 18.0 Å². The fourth-order valence-electron chi connectivity index (χ4n) is 3.57. The maximum Gasteiger partial charge on any atom is 0.255 e. The van der Waals surface area contributed by atoms with Gasteiger partial charge in [0.2, 0.25) is 0 Å². The molecule has 0 saturated carbocycles. The van der Waals surface area contributed by atoms with Crippen molar-refractivity contribution in [1.29, 1.82) is 0 Å². The van der Waals surface area contributed by atoms with E-state index in [1.165, 1.54) is 0 Å². The Morgan fingerprint density at radius 1 is 1.00 bits per heavy atom. The van der Waals surface area contributed by atoms with Gasteiger partial charge in [-0.3, -0.25) is 9.78 Å². The van der Waals surface area contributed by atoms with Crippen molar-refractivity contribution in [2.75, 3.05) is 12.4 Å². The zero-order valence-corrected chi connectivity index (χ0v) is 18.2. The molecule has 0 aliphatic rings. The molecule has 5 aromatic rings. The summed E-state index contributed by atoms with van der Waals surface area (Å²) in [5, 5.41) is 4.91. The third-order valence-corrected chi connectivity index (χ3v) is 6.28. The number of benzene rings is 3. The molecule has 0 fully saturated rings. The number of thioether (sulfide) groups is 1. The van der Waals surface area contributed by atoms with E-state index < -0.39 is 0 Å². The Kier molecular flexibility index (Phi) is 5.52. The van der Waals surface area contributed by atoms with Crippen LogP contribution < -0.4 is 10.1 Å². The first-order valence-electron chi connectivity index (χ1n) is 10.1. The van der Waals surface area contributed by atoms with E-state index in [-0.39, 0.29) is 5.91 Å². The lowest BCUT2D eigenvalue weighted by Crippen LogP contribution is -2.12. The van der Waals surface area contributed by atoms with E-state index in [0.717, 1.165) is 32.6 Å². The standard InChI is InChI=1S/C26H20N2O3S/c1-30-25-13-21-20-6-2-3-7-23(20)31-24(21)14-22(25)28-26(29)18-8-10-19(11-9-18)32-16-17-5-4-12-27-15-17/h2-15H,16H2,1H3,(H,28,29). The molecule has 0 saturated heterocycles. The van der Waals surface area contributed by atoms with E-state index in [4.69, 9.17) is 9.15 Å². The van der Waals surface area contributed by atoms with Crippen LogP contribution in [0.2, 0.25) is 0 Å². The van der Waals surface area contributed by atoms with Crippen LogP contribution in [0.5, 0.6) is 5.75 Å². The molecule has 6 heteroatoms. The molecular formula is C26H20N2O3S. The molecule has 0 bridgehead atoms. The largest absolute Gasteiger partial charge is 0.495 e. The molecule has 1 amide bonds. The molecule has 1 N–H and O–H groups in total. The number of hydrogen-bond donors (Lipinski definition) is 1. The second kappa shape index (κ2) is 8.77. The Hall–Kier alpha value is -3.77. The smallest absolute Gasteiger partial charge is 0.255 e. The lowest BCUT2D eigenvalue weighted by molar-refractivity contribution is 0.102. The van der Waals surface area contributed by atoms with Gasteiger partial charge in [0, 0.05) is 45.4 Å². The van der Waals surface area contributed by atoms with E-state index in [9.17, 15) is 4.79 Å². The molecule has 2 heterocycles. The highest BCUT2D eigenvalue weighted by molar-refractivity contribution is 7.98. The number of anilines is 1. The maximum absolute atomic E-state index is 12.9. The van der Waals surface area contributed by atoms with Crippen molar-refractivity contribution in [3.63, 3.8) is 0 Å². The van der Waals surface area contributed by atoms with Gasteiger partial charge in [-0.1, -0.05) is 24.3 Å². The average Bonchev–Trinajstić information content (AvgIpc) is 3.20. The summed E-state index contributed by atoms with van der Waals surface area (Å²) in [5.74, 6) is 1.21. The quantitative estimate of drug-likeness (QED) is 0.304. The summed E-state index contributed by atoms with van der Waals surface area (Å²) in [4.78, 5) is 18.1. The van der Waals surface area contributed by atoms with Crippen molar-refractivity contribution in [2.45, 2.75) is 10.6 Å². The van der Waals surface area contributed by atoms with E-state index in [1.807, 2.05) is 79.0 Å². The van der Waals surface area contributed by atoms with Crippen molar-refractivity contribution in [3.05, 3.63) is 96.3 Å². The number of ether oxygens (including phenoxy) is 1. The summed E-state index contributed by atoms with van der Waals surface area (Å²) in [6, 6.07) is 23.1. The molecule has 0 radical (unpaired) electrons. The van der Waals surface area contributed by atoms with Crippen LogP contribution in [-0.2, 0) is 5.75 Å². The molecule has 2 aromatic heterocycles. The first-order chi connectivity index (χ1) is 15.7. The number of hydrogen-bond acceptors (Lipinski definition) is 5. The van der Waals surface area contributed by atoms with Crippen molar-refractivity contribution >= 4 is 45.3 Å². The minimum atomic E-state index is -0.206. The number of fused-ring (bicyclic) bond motifs is 3. The minimum Gasteiger partial charge on any atom is -0.495 e. The van der Waals surface area contributed by atoms with Gasteiger partial charge in [-0.15, -0.1) is 11.8 Å². The Morgan fingerprint density at radius 2 is 1.84 bits per heavy atom. The van der Waals surface area contributed by atoms with Gasteiger partial charge in [0.05, 0.1) is 12.8 Å². The fraction of sp³-hybridized carbons (Fsp3) is 0.0769. The Morgan fingerprint density at radius 3 is 2.62 bits per heavy atom. The van der Waals surface area contributed by atoms with E-state index in [2.05, 4.69) is 10.3 Å². The average molecular weight is 441 g/mol. The summed E-state index contributed by atoms with van der Waals surface area (Å²) in [6.07, 6.45) is 3.63. The lowest BCUT2D eigenvalue weighted by Gasteiger charge is -2.11. The summed E-state index contributed by atoms with van der Waals surface area (Å²) in [6.45, 7) is 0.